The highest BCUT2D eigenvalue weighted by molar-refractivity contribution is 6.12. The minimum absolute atomic E-state index is 0.117. The quantitative estimate of drug-likeness (QED) is 0.545. The van der Waals surface area contributed by atoms with Crippen LogP contribution in [0.5, 0.6) is 11.5 Å². The fraction of sp³-hybridized carbons (Fsp3) is 0.269. The summed E-state index contributed by atoms with van der Waals surface area (Å²) in [5.41, 5.74) is 2.23. The summed E-state index contributed by atoms with van der Waals surface area (Å²) in [5, 5.41) is 2.89. The number of hydrogen-bond donors (Lipinski definition) is 1. The Labute approximate surface area is 195 Å². The molecule has 8 heteroatoms. The second kappa shape index (κ2) is 8.70. The summed E-state index contributed by atoms with van der Waals surface area (Å²) in [7, 11) is 0. The average molecular weight is 467 g/mol. The van der Waals surface area contributed by atoms with E-state index in [0.717, 1.165) is 17.7 Å². The molecule has 0 amide bonds. The van der Waals surface area contributed by atoms with Gasteiger partial charge in [-0.3, -0.25) is 4.79 Å². The minimum atomic E-state index is -0.718. The van der Waals surface area contributed by atoms with Crippen LogP contribution >= 0.6 is 0 Å². The zero-order valence-electron chi connectivity index (χ0n) is 18.7. The molecule has 0 spiro atoms. The van der Waals surface area contributed by atoms with Crippen molar-refractivity contribution in [3.63, 3.8) is 0 Å². The normalized spacial score (nSPS) is 18.5. The number of ketones is 1. The van der Waals surface area contributed by atoms with E-state index < -0.39 is 17.4 Å². The van der Waals surface area contributed by atoms with Crippen molar-refractivity contribution >= 4 is 17.2 Å². The number of carbonyl (C=O) groups is 1. The number of rotatable bonds is 5. The second-order valence-electron chi connectivity index (χ2n) is 8.66. The van der Waals surface area contributed by atoms with Crippen LogP contribution in [0.3, 0.4) is 0 Å². The van der Waals surface area contributed by atoms with Gasteiger partial charge < -0.3 is 24.3 Å². The average Bonchev–Trinajstić information content (AvgIpc) is 3.09. The monoisotopic (exact) mass is 467 g/mol. The van der Waals surface area contributed by atoms with Crippen molar-refractivity contribution in [3.05, 3.63) is 82.9 Å². The van der Waals surface area contributed by atoms with Gasteiger partial charge in [-0.15, -0.1) is 0 Å². The Balaban J connectivity index is 1.34. The van der Waals surface area contributed by atoms with Gasteiger partial charge in [0.2, 0.25) is 0 Å². The molecule has 3 aromatic carbocycles. The summed E-state index contributed by atoms with van der Waals surface area (Å²) in [6, 6.07) is 13.5. The van der Waals surface area contributed by atoms with Crippen molar-refractivity contribution in [2.24, 2.45) is 0 Å². The van der Waals surface area contributed by atoms with E-state index >= 15 is 0 Å². The van der Waals surface area contributed by atoms with Crippen molar-refractivity contribution in [2.75, 3.05) is 18.5 Å². The minimum Gasteiger partial charge on any atom is -0.491 e. The third-order valence-electron chi connectivity index (χ3n) is 5.65. The Kier molecular flexibility index (Phi) is 5.71. The Bertz CT molecular complexity index is 1260. The van der Waals surface area contributed by atoms with Gasteiger partial charge in [-0.25, -0.2) is 8.78 Å². The molecule has 2 heterocycles. The number of anilines is 2. The van der Waals surface area contributed by atoms with Crippen molar-refractivity contribution in [2.45, 2.75) is 32.3 Å². The predicted molar refractivity (Wildman–Crippen MR) is 121 cm³/mol. The lowest BCUT2D eigenvalue weighted by Crippen LogP contribution is -2.25. The highest BCUT2D eigenvalue weighted by atomic mass is 19.1. The molecule has 2 aliphatic heterocycles. The number of ether oxygens (including phenoxy) is 4. The largest absolute Gasteiger partial charge is 0.491 e. The van der Waals surface area contributed by atoms with Gasteiger partial charge in [-0.05, 0) is 50.2 Å². The Morgan fingerprint density at radius 1 is 1.06 bits per heavy atom. The van der Waals surface area contributed by atoms with E-state index in [1.165, 1.54) is 6.07 Å². The van der Waals surface area contributed by atoms with E-state index in [1.807, 2.05) is 13.8 Å². The van der Waals surface area contributed by atoms with E-state index in [4.69, 9.17) is 18.9 Å². The number of nitrogens with one attached hydrogen (secondary N) is 1. The fourth-order valence-corrected chi connectivity index (χ4v) is 3.97. The number of hydrogen-bond acceptors (Lipinski definition) is 6. The first-order valence-electron chi connectivity index (χ1n) is 10.9. The summed E-state index contributed by atoms with van der Waals surface area (Å²) < 4.78 is 50.2. The van der Waals surface area contributed by atoms with Gasteiger partial charge in [-0.2, -0.15) is 0 Å². The molecule has 0 radical (unpaired) electrons. The first-order valence-corrected chi connectivity index (χ1v) is 10.9. The molecule has 1 N–H and O–H groups in total. The van der Waals surface area contributed by atoms with Gasteiger partial charge in [-0.1, -0.05) is 6.07 Å². The molecule has 1 atom stereocenters. The van der Waals surface area contributed by atoms with Crippen LogP contribution in [0.15, 0.2) is 54.6 Å². The smallest absolute Gasteiger partial charge is 0.197 e. The summed E-state index contributed by atoms with van der Waals surface area (Å²) in [6.45, 7) is 4.64. The van der Waals surface area contributed by atoms with Crippen molar-refractivity contribution in [3.8, 4) is 11.5 Å². The molecular weight excluding hydrogens is 444 g/mol. The maximum Gasteiger partial charge on any atom is 0.197 e. The molecule has 176 valence electrons. The van der Waals surface area contributed by atoms with Crippen molar-refractivity contribution in [1.82, 2.24) is 0 Å². The molecule has 3 aromatic rings. The molecule has 0 aliphatic carbocycles. The van der Waals surface area contributed by atoms with Crippen molar-refractivity contribution < 1.29 is 32.5 Å². The van der Waals surface area contributed by atoms with Crippen LogP contribution in [0.1, 0.15) is 35.3 Å². The maximum atomic E-state index is 14.0. The van der Waals surface area contributed by atoms with Crippen LogP contribution in [0.2, 0.25) is 0 Å². The third kappa shape index (κ3) is 4.60. The standard InChI is InChI=1S/C26H23F2NO5/c1-26(2)33-14-19(34-26)13-31-18-6-3-15-12-32-24-10-17(5-7-20(24)25(30)21(15)11-18)29-23-8-4-16(27)9-22(23)28/h3-11,19,29H,12-14H2,1-2H3/t19-/m0/s1. The van der Waals surface area contributed by atoms with E-state index in [2.05, 4.69) is 5.32 Å². The van der Waals surface area contributed by atoms with Crippen molar-refractivity contribution in [1.29, 1.82) is 0 Å². The van der Waals surface area contributed by atoms with Crippen LogP contribution in [0, 0.1) is 11.6 Å². The Hall–Kier alpha value is -3.49. The van der Waals surface area contributed by atoms with Crippen LogP contribution in [-0.2, 0) is 16.1 Å². The van der Waals surface area contributed by atoms with Gasteiger partial charge in [0.1, 0.15) is 42.5 Å². The Morgan fingerprint density at radius 3 is 2.68 bits per heavy atom. The lowest BCUT2D eigenvalue weighted by atomic mass is 9.98. The molecule has 6 nitrogen and oxygen atoms in total. The molecule has 1 fully saturated rings. The molecule has 5 rings (SSSR count). The molecule has 34 heavy (non-hydrogen) atoms. The summed E-state index contributed by atoms with van der Waals surface area (Å²) in [4.78, 5) is 13.3. The van der Waals surface area contributed by atoms with E-state index in [-0.39, 0.29) is 24.2 Å². The molecule has 1 saturated heterocycles. The van der Waals surface area contributed by atoms with Crippen LogP contribution < -0.4 is 14.8 Å². The number of carbonyl (C=O) groups excluding carboxylic acids is 1. The van der Waals surface area contributed by atoms with Crippen LogP contribution in [-0.4, -0.2) is 30.9 Å². The molecule has 0 aromatic heterocycles. The van der Waals surface area contributed by atoms with Gasteiger partial charge in [0, 0.05) is 28.9 Å². The molecule has 0 bridgehead atoms. The lowest BCUT2D eigenvalue weighted by molar-refractivity contribution is -0.141. The number of halogens is 2. The zero-order chi connectivity index (χ0) is 23.9. The van der Waals surface area contributed by atoms with Gasteiger partial charge in [0.05, 0.1) is 17.9 Å². The number of fused-ring (bicyclic) bond motifs is 2. The van der Waals surface area contributed by atoms with Gasteiger partial charge >= 0.3 is 0 Å². The van der Waals surface area contributed by atoms with E-state index in [1.54, 1.807) is 36.4 Å². The zero-order valence-corrected chi connectivity index (χ0v) is 18.7. The Morgan fingerprint density at radius 2 is 1.91 bits per heavy atom. The van der Waals surface area contributed by atoms with Crippen LogP contribution in [0.25, 0.3) is 0 Å². The van der Waals surface area contributed by atoms with Gasteiger partial charge in [0.25, 0.3) is 0 Å². The highest BCUT2D eigenvalue weighted by Crippen LogP contribution is 2.34. The topological polar surface area (TPSA) is 66.0 Å². The first-order chi connectivity index (χ1) is 16.3. The fourth-order valence-electron chi connectivity index (χ4n) is 3.97. The first kappa shape index (κ1) is 22.3. The molecular formula is C26H23F2NO5. The molecule has 0 saturated carbocycles. The summed E-state index contributed by atoms with van der Waals surface area (Å²) in [5.74, 6) is -1.29. The summed E-state index contributed by atoms with van der Waals surface area (Å²) >= 11 is 0. The van der Waals surface area contributed by atoms with Gasteiger partial charge in [0.15, 0.2) is 11.6 Å². The summed E-state index contributed by atoms with van der Waals surface area (Å²) in [6.07, 6.45) is -0.189. The van der Waals surface area contributed by atoms with E-state index in [0.29, 0.717) is 41.5 Å². The lowest BCUT2D eigenvalue weighted by Gasteiger charge is -2.17. The van der Waals surface area contributed by atoms with E-state index in [9.17, 15) is 13.6 Å². The highest BCUT2D eigenvalue weighted by Gasteiger charge is 2.33. The van der Waals surface area contributed by atoms with Crippen LogP contribution in [0.4, 0.5) is 20.2 Å². The SMILES string of the molecule is CC1(C)OC[C@H](COc2ccc3c(c2)C(=O)c2ccc(Nc4ccc(F)cc4F)cc2OC3)O1. The second-order valence-corrected chi connectivity index (χ2v) is 8.66. The predicted octanol–water partition coefficient (Wildman–Crippen LogP) is 5.36. The molecule has 0 unspecified atom stereocenters. The molecule has 2 aliphatic rings. The number of benzene rings is 3. The third-order valence-corrected chi connectivity index (χ3v) is 5.65. The maximum absolute atomic E-state index is 14.0.